The van der Waals surface area contributed by atoms with Crippen LogP contribution in [0.2, 0.25) is 0 Å². The average molecular weight is 296 g/mol. The van der Waals surface area contributed by atoms with Crippen LogP contribution in [0.4, 0.5) is 5.69 Å². The lowest BCUT2D eigenvalue weighted by atomic mass is 10.2. The number of nitrogens with one attached hydrogen (secondary N) is 1. The molecule has 19 heavy (non-hydrogen) atoms. The number of rotatable bonds is 4. The Balaban J connectivity index is 2.20. The number of nitrogens with zero attached hydrogens (tertiary/aromatic N) is 1. The van der Waals surface area contributed by atoms with Crippen LogP contribution in [0.5, 0.6) is 0 Å². The standard InChI is InChI=1S/C13H16N2O2S2/c1-9-4-5-12(19(3,16)17)6-13(9)15-8-11-7-14-10(2)18-11/h4-7,15H,8H2,1-3H3. The van der Waals surface area contributed by atoms with Gasteiger partial charge in [0.25, 0.3) is 0 Å². The minimum atomic E-state index is -3.17. The number of aryl methyl sites for hydroxylation is 2. The van der Waals surface area contributed by atoms with Crippen molar-refractivity contribution in [2.75, 3.05) is 11.6 Å². The van der Waals surface area contributed by atoms with Gasteiger partial charge in [0.05, 0.1) is 16.4 Å². The molecule has 1 aromatic heterocycles. The summed E-state index contributed by atoms with van der Waals surface area (Å²) in [6.07, 6.45) is 3.05. The molecule has 1 heterocycles. The molecule has 1 aromatic carbocycles. The predicted octanol–water partition coefficient (Wildman–Crippen LogP) is 2.78. The Hall–Kier alpha value is -1.40. The molecule has 0 bridgehead atoms. The quantitative estimate of drug-likeness (QED) is 0.942. The highest BCUT2D eigenvalue weighted by atomic mass is 32.2. The zero-order chi connectivity index (χ0) is 14.0. The van der Waals surface area contributed by atoms with Crippen molar-refractivity contribution in [1.29, 1.82) is 0 Å². The SMILES string of the molecule is Cc1ncc(CNc2cc(S(C)(=O)=O)ccc2C)s1. The highest BCUT2D eigenvalue weighted by Gasteiger charge is 2.09. The Morgan fingerprint density at radius 3 is 2.63 bits per heavy atom. The van der Waals surface area contributed by atoms with Crippen LogP contribution in [0.25, 0.3) is 0 Å². The minimum Gasteiger partial charge on any atom is -0.380 e. The van der Waals surface area contributed by atoms with Gasteiger partial charge in [-0.15, -0.1) is 11.3 Å². The monoisotopic (exact) mass is 296 g/mol. The lowest BCUT2D eigenvalue weighted by Gasteiger charge is -2.10. The fourth-order valence-corrected chi connectivity index (χ4v) is 3.07. The molecule has 0 radical (unpaired) electrons. The van der Waals surface area contributed by atoms with Crippen LogP contribution < -0.4 is 5.32 Å². The molecular weight excluding hydrogens is 280 g/mol. The summed E-state index contributed by atoms with van der Waals surface area (Å²) in [5.74, 6) is 0. The molecule has 0 amide bonds. The summed E-state index contributed by atoms with van der Waals surface area (Å²) in [6.45, 7) is 4.57. The zero-order valence-electron chi connectivity index (χ0n) is 11.1. The van der Waals surface area contributed by atoms with Gasteiger partial charge >= 0.3 is 0 Å². The predicted molar refractivity (Wildman–Crippen MR) is 78.5 cm³/mol. The smallest absolute Gasteiger partial charge is 0.175 e. The van der Waals surface area contributed by atoms with Gasteiger partial charge in [0.15, 0.2) is 9.84 Å². The molecule has 0 fully saturated rings. The van der Waals surface area contributed by atoms with Crippen LogP contribution in [0.3, 0.4) is 0 Å². The third-order valence-electron chi connectivity index (χ3n) is 2.76. The molecule has 0 aliphatic rings. The number of benzene rings is 1. The summed E-state index contributed by atoms with van der Waals surface area (Å²) < 4.78 is 23.1. The molecule has 102 valence electrons. The van der Waals surface area contributed by atoms with Gasteiger partial charge in [-0.2, -0.15) is 0 Å². The number of anilines is 1. The maximum atomic E-state index is 11.5. The van der Waals surface area contributed by atoms with Crippen LogP contribution in [-0.4, -0.2) is 19.7 Å². The first kappa shape index (κ1) is 14.0. The van der Waals surface area contributed by atoms with Crippen molar-refractivity contribution in [2.24, 2.45) is 0 Å². The van der Waals surface area contributed by atoms with E-state index >= 15 is 0 Å². The molecule has 0 spiro atoms. The molecule has 0 unspecified atom stereocenters. The largest absolute Gasteiger partial charge is 0.380 e. The second kappa shape index (κ2) is 5.30. The van der Waals surface area contributed by atoms with Crippen molar-refractivity contribution in [2.45, 2.75) is 25.3 Å². The highest BCUT2D eigenvalue weighted by molar-refractivity contribution is 7.90. The van der Waals surface area contributed by atoms with Gasteiger partial charge in [0.2, 0.25) is 0 Å². The van der Waals surface area contributed by atoms with Gasteiger partial charge in [-0.1, -0.05) is 6.07 Å². The van der Waals surface area contributed by atoms with E-state index in [-0.39, 0.29) is 0 Å². The normalized spacial score (nSPS) is 11.5. The Morgan fingerprint density at radius 2 is 2.05 bits per heavy atom. The number of hydrogen-bond donors (Lipinski definition) is 1. The van der Waals surface area contributed by atoms with E-state index in [0.29, 0.717) is 11.4 Å². The first-order chi connectivity index (χ1) is 8.86. The van der Waals surface area contributed by atoms with Gasteiger partial charge in [-0.3, -0.25) is 0 Å². The Kier molecular flexibility index (Phi) is 3.91. The van der Waals surface area contributed by atoms with E-state index in [0.717, 1.165) is 21.1 Å². The third kappa shape index (κ3) is 3.54. The molecule has 0 aliphatic carbocycles. The molecule has 2 rings (SSSR count). The fraction of sp³-hybridized carbons (Fsp3) is 0.308. The molecule has 4 nitrogen and oxygen atoms in total. The second-order valence-electron chi connectivity index (χ2n) is 4.45. The van der Waals surface area contributed by atoms with Crippen molar-refractivity contribution >= 4 is 26.9 Å². The Labute approximate surface area is 117 Å². The van der Waals surface area contributed by atoms with E-state index in [1.54, 1.807) is 23.5 Å². The average Bonchev–Trinajstić information content (AvgIpc) is 2.72. The van der Waals surface area contributed by atoms with Crippen molar-refractivity contribution in [3.8, 4) is 0 Å². The topological polar surface area (TPSA) is 59.1 Å². The first-order valence-electron chi connectivity index (χ1n) is 5.82. The van der Waals surface area contributed by atoms with Crippen molar-refractivity contribution in [3.05, 3.63) is 39.8 Å². The number of sulfone groups is 1. The molecule has 0 aliphatic heterocycles. The van der Waals surface area contributed by atoms with Gasteiger partial charge in [0, 0.05) is 23.0 Å². The van der Waals surface area contributed by atoms with Gasteiger partial charge in [-0.25, -0.2) is 13.4 Å². The van der Waals surface area contributed by atoms with Crippen LogP contribution in [-0.2, 0) is 16.4 Å². The fourth-order valence-electron chi connectivity index (χ4n) is 1.69. The van der Waals surface area contributed by atoms with E-state index in [4.69, 9.17) is 0 Å². The molecule has 6 heteroatoms. The van der Waals surface area contributed by atoms with Crippen molar-refractivity contribution in [1.82, 2.24) is 4.98 Å². The van der Waals surface area contributed by atoms with Gasteiger partial charge < -0.3 is 5.32 Å². The molecule has 0 saturated heterocycles. The lowest BCUT2D eigenvalue weighted by Crippen LogP contribution is -2.03. The number of aromatic nitrogens is 1. The maximum Gasteiger partial charge on any atom is 0.175 e. The van der Waals surface area contributed by atoms with Crippen LogP contribution in [0.1, 0.15) is 15.4 Å². The Morgan fingerprint density at radius 1 is 1.32 bits per heavy atom. The summed E-state index contributed by atoms with van der Waals surface area (Å²) in [7, 11) is -3.17. The maximum absolute atomic E-state index is 11.5. The van der Waals surface area contributed by atoms with Crippen LogP contribution in [0, 0.1) is 13.8 Å². The van der Waals surface area contributed by atoms with Crippen molar-refractivity contribution in [3.63, 3.8) is 0 Å². The van der Waals surface area contributed by atoms with E-state index in [1.807, 2.05) is 26.1 Å². The summed E-state index contributed by atoms with van der Waals surface area (Å²) in [5.41, 5.74) is 1.86. The van der Waals surface area contributed by atoms with Crippen molar-refractivity contribution < 1.29 is 8.42 Å². The summed E-state index contributed by atoms with van der Waals surface area (Å²) in [4.78, 5) is 5.65. The van der Waals surface area contributed by atoms with Crippen LogP contribution in [0.15, 0.2) is 29.3 Å². The summed E-state index contributed by atoms with van der Waals surface area (Å²) in [6, 6.07) is 5.13. The number of hydrogen-bond acceptors (Lipinski definition) is 5. The molecule has 1 N–H and O–H groups in total. The van der Waals surface area contributed by atoms with Crippen LogP contribution >= 0.6 is 11.3 Å². The van der Waals surface area contributed by atoms with Gasteiger partial charge in [-0.05, 0) is 31.5 Å². The lowest BCUT2D eigenvalue weighted by molar-refractivity contribution is 0.602. The molecule has 0 saturated carbocycles. The van der Waals surface area contributed by atoms with E-state index < -0.39 is 9.84 Å². The second-order valence-corrected chi connectivity index (χ2v) is 7.78. The van der Waals surface area contributed by atoms with E-state index in [2.05, 4.69) is 10.3 Å². The third-order valence-corrected chi connectivity index (χ3v) is 4.78. The highest BCUT2D eigenvalue weighted by Crippen LogP contribution is 2.21. The first-order valence-corrected chi connectivity index (χ1v) is 8.53. The molecular formula is C13H16N2O2S2. The minimum absolute atomic E-state index is 0.334. The summed E-state index contributed by atoms with van der Waals surface area (Å²) >= 11 is 1.63. The Bertz CT molecular complexity index is 690. The number of thiazole rings is 1. The summed E-state index contributed by atoms with van der Waals surface area (Å²) in [5, 5.41) is 4.29. The van der Waals surface area contributed by atoms with E-state index in [9.17, 15) is 8.42 Å². The zero-order valence-corrected chi connectivity index (χ0v) is 12.7. The molecule has 0 atom stereocenters. The molecule has 2 aromatic rings. The van der Waals surface area contributed by atoms with E-state index in [1.165, 1.54) is 6.26 Å². The van der Waals surface area contributed by atoms with Gasteiger partial charge in [0.1, 0.15) is 0 Å².